The van der Waals surface area contributed by atoms with E-state index >= 15 is 0 Å². The second kappa shape index (κ2) is 6.46. The second-order valence-electron chi connectivity index (χ2n) is 5.05. The molecule has 2 aromatic heterocycles. The summed E-state index contributed by atoms with van der Waals surface area (Å²) in [5, 5.41) is 11.0. The predicted molar refractivity (Wildman–Crippen MR) is 88.0 cm³/mol. The minimum atomic E-state index is -0.113. The van der Waals surface area contributed by atoms with Crippen molar-refractivity contribution in [2.45, 2.75) is 42.3 Å². The zero-order chi connectivity index (χ0) is 14.8. The molecule has 21 heavy (non-hydrogen) atoms. The SMILES string of the molecule is Cc1nnc(S[C@H](C)C(=O)N2CCC[C@H]2c2cccs2)s1. The van der Waals surface area contributed by atoms with Crippen molar-refractivity contribution in [3.63, 3.8) is 0 Å². The number of thioether (sulfide) groups is 1. The van der Waals surface area contributed by atoms with E-state index in [1.807, 2.05) is 18.7 Å². The molecule has 2 atom stereocenters. The summed E-state index contributed by atoms with van der Waals surface area (Å²) in [7, 11) is 0. The summed E-state index contributed by atoms with van der Waals surface area (Å²) in [6.45, 7) is 4.76. The molecule has 0 aromatic carbocycles. The molecule has 0 N–H and O–H groups in total. The van der Waals surface area contributed by atoms with E-state index in [0.29, 0.717) is 0 Å². The summed E-state index contributed by atoms with van der Waals surface area (Å²) in [5.74, 6) is 0.212. The maximum Gasteiger partial charge on any atom is 0.236 e. The van der Waals surface area contributed by atoms with Crippen molar-refractivity contribution in [2.24, 2.45) is 0 Å². The van der Waals surface area contributed by atoms with E-state index in [1.54, 1.807) is 22.7 Å². The molecule has 112 valence electrons. The van der Waals surface area contributed by atoms with Crippen LogP contribution >= 0.6 is 34.4 Å². The van der Waals surface area contributed by atoms with Gasteiger partial charge in [0.15, 0.2) is 4.34 Å². The van der Waals surface area contributed by atoms with E-state index < -0.39 is 0 Å². The minimum absolute atomic E-state index is 0.113. The summed E-state index contributed by atoms with van der Waals surface area (Å²) >= 11 is 4.80. The third-order valence-electron chi connectivity index (χ3n) is 3.54. The number of thiophene rings is 1. The highest BCUT2D eigenvalue weighted by Gasteiger charge is 2.33. The van der Waals surface area contributed by atoms with Crippen LogP contribution in [0.4, 0.5) is 0 Å². The maximum absolute atomic E-state index is 12.7. The first-order chi connectivity index (χ1) is 10.1. The molecule has 1 aliphatic rings. The van der Waals surface area contributed by atoms with Crippen molar-refractivity contribution in [1.29, 1.82) is 0 Å². The Morgan fingerprint density at radius 3 is 3.05 bits per heavy atom. The number of likely N-dealkylation sites (tertiary alicyclic amines) is 1. The van der Waals surface area contributed by atoms with Gasteiger partial charge >= 0.3 is 0 Å². The first-order valence-electron chi connectivity index (χ1n) is 6.96. The summed E-state index contributed by atoms with van der Waals surface area (Å²) in [5.41, 5.74) is 0. The van der Waals surface area contributed by atoms with Gasteiger partial charge in [0.2, 0.25) is 5.91 Å². The lowest BCUT2D eigenvalue weighted by atomic mass is 10.2. The lowest BCUT2D eigenvalue weighted by molar-refractivity contribution is -0.131. The van der Waals surface area contributed by atoms with Crippen molar-refractivity contribution in [1.82, 2.24) is 15.1 Å². The van der Waals surface area contributed by atoms with Gasteiger partial charge in [-0.2, -0.15) is 0 Å². The number of rotatable bonds is 4. The number of carbonyl (C=O) groups is 1. The molecule has 1 aliphatic heterocycles. The van der Waals surface area contributed by atoms with Crippen LogP contribution in [0.1, 0.15) is 35.7 Å². The van der Waals surface area contributed by atoms with Crippen LogP contribution in [0.15, 0.2) is 21.9 Å². The fraction of sp³-hybridized carbons (Fsp3) is 0.500. The van der Waals surface area contributed by atoms with Gasteiger partial charge in [-0.15, -0.1) is 21.5 Å². The highest BCUT2D eigenvalue weighted by molar-refractivity contribution is 8.02. The number of hydrogen-bond acceptors (Lipinski definition) is 6. The molecule has 3 rings (SSSR count). The largest absolute Gasteiger partial charge is 0.334 e. The molecule has 1 saturated heterocycles. The fourth-order valence-corrected chi connectivity index (χ4v) is 5.47. The molecule has 0 bridgehead atoms. The third kappa shape index (κ3) is 3.30. The molecule has 1 fully saturated rings. The Bertz CT molecular complexity index is 611. The molecule has 2 aromatic rings. The topological polar surface area (TPSA) is 46.1 Å². The summed E-state index contributed by atoms with van der Waals surface area (Å²) in [4.78, 5) is 16.1. The highest BCUT2D eigenvalue weighted by atomic mass is 32.2. The van der Waals surface area contributed by atoms with Crippen molar-refractivity contribution in [2.75, 3.05) is 6.54 Å². The van der Waals surface area contributed by atoms with Gasteiger partial charge in [-0.05, 0) is 38.1 Å². The van der Waals surface area contributed by atoms with Gasteiger partial charge in [-0.3, -0.25) is 4.79 Å². The molecule has 0 spiro atoms. The zero-order valence-electron chi connectivity index (χ0n) is 12.0. The zero-order valence-corrected chi connectivity index (χ0v) is 14.4. The average molecular weight is 340 g/mol. The van der Waals surface area contributed by atoms with Crippen LogP contribution in [0.25, 0.3) is 0 Å². The Kier molecular flexibility index (Phi) is 4.61. The van der Waals surface area contributed by atoms with Crippen molar-refractivity contribution < 1.29 is 4.79 Å². The maximum atomic E-state index is 12.7. The van der Waals surface area contributed by atoms with Crippen LogP contribution in [0, 0.1) is 6.92 Å². The smallest absolute Gasteiger partial charge is 0.236 e. The second-order valence-corrected chi connectivity index (χ2v) is 8.80. The lowest BCUT2D eigenvalue weighted by Crippen LogP contribution is -2.35. The van der Waals surface area contributed by atoms with Crippen molar-refractivity contribution >= 4 is 40.3 Å². The molecule has 0 aliphatic carbocycles. The van der Waals surface area contributed by atoms with Crippen molar-refractivity contribution in [3.8, 4) is 0 Å². The monoisotopic (exact) mass is 339 g/mol. The summed E-state index contributed by atoms with van der Waals surface area (Å²) < 4.78 is 0.875. The Hall–Kier alpha value is -0.920. The molecule has 0 saturated carbocycles. The Balaban J connectivity index is 1.68. The number of hydrogen-bond donors (Lipinski definition) is 0. The minimum Gasteiger partial charge on any atom is -0.334 e. The van der Waals surface area contributed by atoms with Gasteiger partial charge < -0.3 is 4.90 Å². The molecule has 1 amide bonds. The Morgan fingerprint density at radius 2 is 2.38 bits per heavy atom. The van der Waals surface area contributed by atoms with Crippen LogP contribution in [0.3, 0.4) is 0 Å². The molecular formula is C14H17N3OS3. The Morgan fingerprint density at radius 1 is 1.52 bits per heavy atom. The highest BCUT2D eigenvalue weighted by Crippen LogP contribution is 2.37. The van der Waals surface area contributed by atoms with Crippen LogP contribution in [0.5, 0.6) is 0 Å². The van der Waals surface area contributed by atoms with Gasteiger partial charge in [0.1, 0.15) is 5.01 Å². The number of nitrogens with zero attached hydrogens (tertiary/aromatic N) is 3. The first-order valence-corrected chi connectivity index (χ1v) is 9.53. The fourth-order valence-electron chi connectivity index (χ4n) is 2.57. The van der Waals surface area contributed by atoms with Crippen LogP contribution in [0.2, 0.25) is 0 Å². The molecule has 0 radical (unpaired) electrons. The van der Waals surface area contributed by atoms with Crippen molar-refractivity contribution in [3.05, 3.63) is 27.4 Å². The number of aryl methyl sites for hydroxylation is 1. The van der Waals surface area contributed by atoms with Gasteiger partial charge in [-0.25, -0.2) is 0 Å². The van der Waals surface area contributed by atoms with E-state index in [-0.39, 0.29) is 17.2 Å². The first kappa shape index (κ1) is 15.0. The van der Waals surface area contributed by atoms with Gasteiger partial charge in [0, 0.05) is 11.4 Å². The average Bonchev–Trinajstić information content (AvgIpc) is 3.18. The van der Waals surface area contributed by atoms with E-state index in [4.69, 9.17) is 0 Å². The van der Waals surface area contributed by atoms with E-state index in [0.717, 1.165) is 28.7 Å². The lowest BCUT2D eigenvalue weighted by Gasteiger charge is -2.26. The van der Waals surface area contributed by atoms with E-state index in [2.05, 4.69) is 27.7 Å². The Labute approximate surface area is 136 Å². The molecule has 0 unspecified atom stereocenters. The number of carbonyl (C=O) groups excluding carboxylic acids is 1. The molecule has 4 nitrogen and oxygen atoms in total. The molecular weight excluding hydrogens is 322 g/mol. The van der Waals surface area contributed by atoms with Gasteiger partial charge in [0.25, 0.3) is 0 Å². The van der Waals surface area contributed by atoms with Gasteiger partial charge in [-0.1, -0.05) is 29.2 Å². The van der Waals surface area contributed by atoms with Crippen LogP contribution in [-0.4, -0.2) is 32.8 Å². The predicted octanol–water partition coefficient (Wildman–Crippen LogP) is 3.75. The quantitative estimate of drug-likeness (QED) is 0.796. The van der Waals surface area contributed by atoms with E-state index in [1.165, 1.54) is 16.6 Å². The van der Waals surface area contributed by atoms with Crippen LogP contribution in [-0.2, 0) is 4.79 Å². The normalized spacial score (nSPS) is 19.9. The summed E-state index contributed by atoms with van der Waals surface area (Å²) in [6.07, 6.45) is 2.16. The number of aromatic nitrogens is 2. The summed E-state index contributed by atoms with van der Waals surface area (Å²) in [6, 6.07) is 4.45. The van der Waals surface area contributed by atoms with Crippen LogP contribution < -0.4 is 0 Å². The molecule has 7 heteroatoms. The number of amides is 1. The van der Waals surface area contributed by atoms with E-state index in [9.17, 15) is 4.79 Å². The standard InChI is InChI=1S/C14H17N3OS3/c1-9(20-14-16-15-10(2)21-14)13(18)17-7-3-5-11(17)12-6-4-8-19-12/h4,6,8-9,11H,3,5,7H2,1-2H3/t9-,11+/m1/s1. The third-order valence-corrected chi connectivity index (χ3v) is 6.52. The van der Waals surface area contributed by atoms with Gasteiger partial charge in [0.05, 0.1) is 11.3 Å². The molecule has 3 heterocycles.